The fourth-order valence-electron chi connectivity index (χ4n) is 2.82. The lowest BCUT2D eigenvalue weighted by molar-refractivity contribution is -0.274. The molecule has 3 aromatic rings. The predicted octanol–water partition coefficient (Wildman–Crippen LogP) is 4.42. The van der Waals surface area contributed by atoms with Crippen LogP contribution in [0.15, 0.2) is 59.6 Å². The molecule has 0 bridgehead atoms. The molecule has 0 fully saturated rings. The minimum absolute atomic E-state index is 0. The number of pyridine rings is 1. The second kappa shape index (κ2) is 10.5. The van der Waals surface area contributed by atoms with Crippen LogP contribution < -0.4 is 20.7 Å². The number of guanidine groups is 1. The number of para-hydroxylation sites is 1. The summed E-state index contributed by atoms with van der Waals surface area (Å²) >= 11 is 0. The van der Waals surface area contributed by atoms with Crippen molar-refractivity contribution in [2.45, 2.75) is 19.5 Å². The van der Waals surface area contributed by atoms with Crippen LogP contribution >= 0.6 is 24.0 Å². The fourth-order valence-corrected chi connectivity index (χ4v) is 2.82. The number of benzene rings is 2. The number of alkyl halides is 3. The third kappa shape index (κ3) is 7.16. The van der Waals surface area contributed by atoms with Gasteiger partial charge in [0.05, 0.1) is 12.1 Å². The van der Waals surface area contributed by atoms with Crippen LogP contribution in [0.4, 0.5) is 19.0 Å². The molecule has 0 aliphatic rings. The molecule has 1 aromatic heterocycles. The first-order valence-corrected chi connectivity index (χ1v) is 9.16. The van der Waals surface area contributed by atoms with Gasteiger partial charge in [0.1, 0.15) is 11.6 Å². The smallest absolute Gasteiger partial charge is 0.406 e. The van der Waals surface area contributed by atoms with Crippen molar-refractivity contribution in [2.24, 2.45) is 10.7 Å². The summed E-state index contributed by atoms with van der Waals surface area (Å²) in [7, 11) is 3.85. The first-order valence-electron chi connectivity index (χ1n) is 9.16. The van der Waals surface area contributed by atoms with Crippen LogP contribution in [0.5, 0.6) is 5.75 Å². The Morgan fingerprint density at radius 1 is 1.13 bits per heavy atom. The van der Waals surface area contributed by atoms with Gasteiger partial charge in [0, 0.05) is 26.0 Å². The number of nitrogens with one attached hydrogen (secondary N) is 1. The van der Waals surface area contributed by atoms with Gasteiger partial charge in [-0.1, -0.05) is 30.3 Å². The SMILES string of the molecule is CN(C)c1cc(CNC(N)=NCc2ccc(OC(F)(F)F)cc2)c2ccccc2n1.I. The molecule has 0 spiro atoms. The molecule has 6 nitrogen and oxygen atoms in total. The van der Waals surface area contributed by atoms with E-state index in [1.807, 2.05) is 49.3 Å². The Labute approximate surface area is 195 Å². The van der Waals surface area contributed by atoms with Crippen LogP contribution in [0.25, 0.3) is 10.9 Å². The number of aromatic nitrogens is 1. The highest BCUT2D eigenvalue weighted by Gasteiger charge is 2.30. The standard InChI is InChI=1S/C21H22F3N5O.HI/c1-29(2)19-11-15(17-5-3-4-6-18(17)28-19)13-27-20(25)26-12-14-7-9-16(10-8-14)30-21(22,23)24;/h3-11H,12-13H2,1-2H3,(H3,25,26,27);1H. The first-order chi connectivity index (χ1) is 14.2. The van der Waals surface area contributed by atoms with Crippen molar-refractivity contribution < 1.29 is 17.9 Å². The maximum Gasteiger partial charge on any atom is 0.573 e. The summed E-state index contributed by atoms with van der Waals surface area (Å²) in [4.78, 5) is 10.8. The Kier molecular flexibility index (Phi) is 8.31. The van der Waals surface area contributed by atoms with Crippen molar-refractivity contribution >= 4 is 46.7 Å². The van der Waals surface area contributed by atoms with Gasteiger partial charge in [-0.05, 0) is 35.4 Å². The van der Waals surface area contributed by atoms with E-state index >= 15 is 0 Å². The van der Waals surface area contributed by atoms with E-state index < -0.39 is 6.36 Å². The van der Waals surface area contributed by atoms with Gasteiger partial charge in [-0.15, -0.1) is 37.1 Å². The highest BCUT2D eigenvalue weighted by Crippen LogP contribution is 2.23. The molecule has 0 amide bonds. The molecule has 2 aromatic carbocycles. The summed E-state index contributed by atoms with van der Waals surface area (Å²) < 4.78 is 40.5. The molecule has 10 heteroatoms. The summed E-state index contributed by atoms with van der Waals surface area (Å²) in [6, 6.07) is 15.3. The topological polar surface area (TPSA) is 75.8 Å². The van der Waals surface area contributed by atoms with Crippen LogP contribution in [0, 0.1) is 0 Å². The Bertz CT molecular complexity index is 1040. The Morgan fingerprint density at radius 3 is 2.45 bits per heavy atom. The van der Waals surface area contributed by atoms with Crippen molar-refractivity contribution in [3.05, 3.63) is 65.7 Å². The second-order valence-corrected chi connectivity index (χ2v) is 6.80. The van der Waals surface area contributed by atoms with Gasteiger partial charge in [0.15, 0.2) is 5.96 Å². The van der Waals surface area contributed by atoms with Crippen LogP contribution in [-0.4, -0.2) is 31.4 Å². The second-order valence-electron chi connectivity index (χ2n) is 6.80. The number of rotatable bonds is 6. The molecule has 0 saturated heterocycles. The van der Waals surface area contributed by atoms with Crippen LogP contribution in [0.1, 0.15) is 11.1 Å². The van der Waals surface area contributed by atoms with E-state index in [1.165, 1.54) is 24.3 Å². The lowest BCUT2D eigenvalue weighted by Gasteiger charge is -2.15. The van der Waals surface area contributed by atoms with Crippen molar-refractivity contribution in [3.8, 4) is 5.75 Å². The molecule has 0 radical (unpaired) electrons. The maximum absolute atomic E-state index is 12.2. The summed E-state index contributed by atoms with van der Waals surface area (Å²) in [6.07, 6.45) is -4.71. The molecule has 0 saturated carbocycles. The number of hydrogen-bond donors (Lipinski definition) is 2. The molecule has 0 unspecified atom stereocenters. The van der Waals surface area contributed by atoms with Gasteiger partial charge < -0.3 is 20.7 Å². The molecular formula is C21H23F3IN5O. The lowest BCUT2D eigenvalue weighted by atomic mass is 10.1. The minimum Gasteiger partial charge on any atom is -0.406 e. The van der Waals surface area contributed by atoms with Gasteiger partial charge in [0.25, 0.3) is 0 Å². The van der Waals surface area contributed by atoms with E-state index in [-0.39, 0.29) is 42.2 Å². The Balaban J connectivity index is 0.00000341. The van der Waals surface area contributed by atoms with E-state index in [9.17, 15) is 13.2 Å². The zero-order valence-corrected chi connectivity index (χ0v) is 19.3. The number of nitrogens with zero attached hydrogens (tertiary/aromatic N) is 3. The molecule has 0 aliphatic carbocycles. The van der Waals surface area contributed by atoms with Crippen molar-refractivity contribution in [1.82, 2.24) is 10.3 Å². The number of ether oxygens (including phenoxy) is 1. The zero-order chi connectivity index (χ0) is 21.7. The minimum atomic E-state index is -4.71. The van der Waals surface area contributed by atoms with Crippen LogP contribution in [0.2, 0.25) is 0 Å². The Morgan fingerprint density at radius 2 is 1.81 bits per heavy atom. The lowest BCUT2D eigenvalue weighted by Crippen LogP contribution is -2.31. The summed E-state index contributed by atoms with van der Waals surface area (Å²) in [5.74, 6) is 0.794. The number of anilines is 1. The van der Waals surface area contributed by atoms with E-state index in [0.717, 1.165) is 22.3 Å². The molecular weight excluding hydrogens is 522 g/mol. The zero-order valence-electron chi connectivity index (χ0n) is 17.0. The van der Waals surface area contributed by atoms with Gasteiger partial charge in [-0.25, -0.2) is 9.98 Å². The third-order valence-electron chi connectivity index (χ3n) is 4.30. The number of halogens is 4. The van der Waals surface area contributed by atoms with Crippen LogP contribution in [-0.2, 0) is 13.1 Å². The molecule has 0 atom stereocenters. The van der Waals surface area contributed by atoms with E-state index in [0.29, 0.717) is 12.1 Å². The van der Waals surface area contributed by atoms with Gasteiger partial charge >= 0.3 is 6.36 Å². The molecule has 166 valence electrons. The predicted molar refractivity (Wildman–Crippen MR) is 127 cm³/mol. The molecule has 31 heavy (non-hydrogen) atoms. The number of hydrogen-bond acceptors (Lipinski definition) is 4. The van der Waals surface area contributed by atoms with Crippen molar-refractivity contribution in [2.75, 3.05) is 19.0 Å². The summed E-state index contributed by atoms with van der Waals surface area (Å²) in [5, 5.41) is 4.10. The molecule has 3 rings (SSSR count). The highest BCUT2D eigenvalue weighted by molar-refractivity contribution is 14.0. The van der Waals surface area contributed by atoms with Gasteiger partial charge in [-0.2, -0.15) is 0 Å². The monoisotopic (exact) mass is 545 g/mol. The number of nitrogens with two attached hydrogens (primary N) is 1. The largest absolute Gasteiger partial charge is 0.573 e. The van der Waals surface area contributed by atoms with E-state index in [1.54, 1.807) is 0 Å². The quantitative estimate of drug-likeness (QED) is 0.273. The molecule has 3 N–H and O–H groups in total. The van der Waals surface area contributed by atoms with Crippen molar-refractivity contribution in [3.63, 3.8) is 0 Å². The maximum atomic E-state index is 12.2. The summed E-state index contributed by atoms with van der Waals surface area (Å²) in [6.45, 7) is 0.683. The van der Waals surface area contributed by atoms with Gasteiger partial charge in [0.2, 0.25) is 0 Å². The average Bonchev–Trinajstić information content (AvgIpc) is 2.70. The molecule has 0 aliphatic heterocycles. The van der Waals surface area contributed by atoms with Gasteiger partial charge in [-0.3, -0.25) is 0 Å². The van der Waals surface area contributed by atoms with Crippen molar-refractivity contribution in [1.29, 1.82) is 0 Å². The first kappa shape index (κ1) is 24.5. The Hall–Kier alpha value is -2.76. The molecule has 1 heterocycles. The average molecular weight is 545 g/mol. The third-order valence-corrected chi connectivity index (χ3v) is 4.30. The highest BCUT2D eigenvalue weighted by atomic mass is 127. The summed E-state index contributed by atoms with van der Waals surface area (Å²) in [5.41, 5.74) is 8.58. The normalized spacial score (nSPS) is 11.7. The number of fused-ring (bicyclic) bond motifs is 1. The fraction of sp³-hybridized carbons (Fsp3) is 0.238. The van der Waals surface area contributed by atoms with E-state index in [2.05, 4.69) is 20.0 Å². The van der Waals surface area contributed by atoms with Crippen LogP contribution in [0.3, 0.4) is 0 Å². The number of aliphatic imine (C=N–C) groups is 1. The van der Waals surface area contributed by atoms with E-state index in [4.69, 9.17) is 5.73 Å².